The molecule has 2 aromatic rings. The Hall–Kier alpha value is -1.68. The lowest BCUT2D eigenvalue weighted by molar-refractivity contribution is 0.0736. The molecule has 0 spiro atoms. The SMILES string of the molecule is O=C(c1ccnc(Br)c1)N1CCCC1Cc1ccccc1. The first-order valence-electron chi connectivity index (χ1n) is 7.20. The largest absolute Gasteiger partial charge is 0.335 e. The lowest BCUT2D eigenvalue weighted by Gasteiger charge is -2.25. The molecule has 0 saturated carbocycles. The van der Waals surface area contributed by atoms with Gasteiger partial charge in [-0.05, 0) is 52.9 Å². The fourth-order valence-corrected chi connectivity index (χ4v) is 3.27. The van der Waals surface area contributed by atoms with Crippen molar-refractivity contribution in [2.75, 3.05) is 6.54 Å². The number of halogens is 1. The molecule has 1 saturated heterocycles. The topological polar surface area (TPSA) is 33.2 Å². The maximum atomic E-state index is 12.7. The van der Waals surface area contributed by atoms with E-state index in [9.17, 15) is 4.79 Å². The number of carbonyl (C=O) groups excluding carboxylic acids is 1. The Balaban J connectivity index is 1.76. The second-order valence-corrected chi connectivity index (χ2v) is 6.16. The van der Waals surface area contributed by atoms with E-state index in [0.717, 1.165) is 25.8 Å². The Morgan fingerprint density at radius 3 is 2.86 bits per heavy atom. The van der Waals surface area contributed by atoms with Gasteiger partial charge in [-0.2, -0.15) is 0 Å². The molecule has 1 aliphatic heterocycles. The van der Waals surface area contributed by atoms with E-state index in [1.807, 2.05) is 11.0 Å². The Morgan fingerprint density at radius 1 is 1.29 bits per heavy atom. The van der Waals surface area contributed by atoms with Crippen LogP contribution in [0.15, 0.2) is 53.3 Å². The molecule has 1 amide bonds. The van der Waals surface area contributed by atoms with Gasteiger partial charge < -0.3 is 4.90 Å². The van der Waals surface area contributed by atoms with Gasteiger partial charge in [-0.15, -0.1) is 0 Å². The van der Waals surface area contributed by atoms with Gasteiger partial charge in [0.1, 0.15) is 4.60 Å². The van der Waals surface area contributed by atoms with Crippen LogP contribution in [0, 0.1) is 0 Å². The van der Waals surface area contributed by atoms with Crippen molar-refractivity contribution in [2.24, 2.45) is 0 Å². The number of nitrogens with zero attached hydrogens (tertiary/aromatic N) is 2. The van der Waals surface area contributed by atoms with Gasteiger partial charge in [0.15, 0.2) is 0 Å². The van der Waals surface area contributed by atoms with Gasteiger partial charge in [0.25, 0.3) is 5.91 Å². The summed E-state index contributed by atoms with van der Waals surface area (Å²) in [5, 5.41) is 0. The summed E-state index contributed by atoms with van der Waals surface area (Å²) in [6, 6.07) is 14.3. The van der Waals surface area contributed by atoms with Gasteiger partial charge in [0.2, 0.25) is 0 Å². The molecule has 0 bridgehead atoms. The lowest BCUT2D eigenvalue weighted by atomic mass is 10.0. The van der Waals surface area contributed by atoms with Gasteiger partial charge in [0.05, 0.1) is 0 Å². The summed E-state index contributed by atoms with van der Waals surface area (Å²) in [4.78, 5) is 18.8. The highest BCUT2D eigenvalue weighted by Crippen LogP contribution is 2.23. The van der Waals surface area contributed by atoms with Gasteiger partial charge in [-0.25, -0.2) is 4.98 Å². The first kappa shape index (κ1) is 14.3. The molecular weight excluding hydrogens is 328 g/mol. The quantitative estimate of drug-likeness (QED) is 0.795. The van der Waals surface area contributed by atoms with Crippen molar-refractivity contribution in [1.82, 2.24) is 9.88 Å². The van der Waals surface area contributed by atoms with Crippen LogP contribution < -0.4 is 0 Å². The highest BCUT2D eigenvalue weighted by molar-refractivity contribution is 9.10. The number of rotatable bonds is 3. The van der Waals surface area contributed by atoms with Crippen LogP contribution in [0.3, 0.4) is 0 Å². The fraction of sp³-hybridized carbons (Fsp3) is 0.294. The summed E-state index contributed by atoms with van der Waals surface area (Å²) in [7, 11) is 0. The summed E-state index contributed by atoms with van der Waals surface area (Å²) in [5.41, 5.74) is 2.00. The second kappa shape index (κ2) is 6.39. The third kappa shape index (κ3) is 3.32. The summed E-state index contributed by atoms with van der Waals surface area (Å²) in [5.74, 6) is 0.108. The zero-order valence-electron chi connectivity index (χ0n) is 11.7. The number of benzene rings is 1. The van der Waals surface area contributed by atoms with Gasteiger partial charge >= 0.3 is 0 Å². The minimum atomic E-state index is 0.108. The van der Waals surface area contributed by atoms with Crippen molar-refractivity contribution in [2.45, 2.75) is 25.3 Å². The Kier molecular flexibility index (Phi) is 4.34. The fourth-order valence-electron chi connectivity index (χ4n) is 2.90. The van der Waals surface area contributed by atoms with Crippen LogP contribution in [0.1, 0.15) is 28.8 Å². The van der Waals surface area contributed by atoms with Crippen LogP contribution in [0.4, 0.5) is 0 Å². The van der Waals surface area contributed by atoms with Gasteiger partial charge in [-0.1, -0.05) is 30.3 Å². The molecule has 1 atom stereocenters. The minimum Gasteiger partial charge on any atom is -0.335 e. The van der Waals surface area contributed by atoms with Crippen LogP contribution in [-0.2, 0) is 6.42 Å². The predicted octanol–water partition coefficient (Wildman–Crippen LogP) is 3.69. The maximum absolute atomic E-state index is 12.7. The molecule has 1 aliphatic rings. The number of hydrogen-bond donors (Lipinski definition) is 0. The molecule has 1 unspecified atom stereocenters. The number of carbonyl (C=O) groups is 1. The molecule has 108 valence electrons. The predicted molar refractivity (Wildman–Crippen MR) is 86.1 cm³/mol. The smallest absolute Gasteiger partial charge is 0.254 e. The standard InChI is InChI=1S/C17H17BrN2O/c18-16-12-14(8-9-19-16)17(21)20-10-4-7-15(20)11-13-5-2-1-3-6-13/h1-3,5-6,8-9,12,15H,4,7,10-11H2. The van der Waals surface area contributed by atoms with Crippen LogP contribution in [0.5, 0.6) is 0 Å². The molecular formula is C17H17BrN2O. The minimum absolute atomic E-state index is 0.108. The van der Waals surface area contributed by atoms with E-state index in [2.05, 4.69) is 45.2 Å². The number of amides is 1. The van der Waals surface area contributed by atoms with Crippen molar-refractivity contribution in [3.8, 4) is 0 Å². The van der Waals surface area contributed by atoms with E-state index in [1.54, 1.807) is 18.3 Å². The average Bonchev–Trinajstić information content (AvgIpc) is 2.95. The Bertz CT molecular complexity index is 630. The third-order valence-corrected chi connectivity index (χ3v) is 4.36. The van der Waals surface area contributed by atoms with Crippen LogP contribution in [0.2, 0.25) is 0 Å². The normalized spacial score (nSPS) is 18.0. The van der Waals surface area contributed by atoms with Crippen LogP contribution >= 0.6 is 15.9 Å². The van der Waals surface area contributed by atoms with Crippen LogP contribution in [0.25, 0.3) is 0 Å². The average molecular weight is 345 g/mol. The van der Waals surface area contributed by atoms with E-state index in [0.29, 0.717) is 16.2 Å². The molecule has 2 heterocycles. The number of pyridine rings is 1. The molecule has 1 aromatic carbocycles. The van der Waals surface area contributed by atoms with Crippen molar-refractivity contribution in [1.29, 1.82) is 0 Å². The molecule has 1 aromatic heterocycles. The molecule has 0 aliphatic carbocycles. The van der Waals surface area contributed by atoms with E-state index in [4.69, 9.17) is 0 Å². The zero-order chi connectivity index (χ0) is 14.7. The highest BCUT2D eigenvalue weighted by Gasteiger charge is 2.29. The number of aromatic nitrogens is 1. The summed E-state index contributed by atoms with van der Waals surface area (Å²) >= 11 is 3.33. The third-order valence-electron chi connectivity index (χ3n) is 3.93. The Morgan fingerprint density at radius 2 is 2.10 bits per heavy atom. The van der Waals surface area contributed by atoms with Crippen molar-refractivity contribution in [3.63, 3.8) is 0 Å². The first-order chi connectivity index (χ1) is 10.2. The van der Waals surface area contributed by atoms with Gasteiger partial charge in [-0.3, -0.25) is 4.79 Å². The molecule has 1 fully saturated rings. The van der Waals surface area contributed by atoms with E-state index < -0.39 is 0 Å². The lowest BCUT2D eigenvalue weighted by Crippen LogP contribution is -2.36. The molecule has 0 radical (unpaired) electrons. The monoisotopic (exact) mass is 344 g/mol. The molecule has 4 heteroatoms. The second-order valence-electron chi connectivity index (χ2n) is 5.35. The summed E-state index contributed by atoms with van der Waals surface area (Å²) in [6.45, 7) is 0.844. The summed E-state index contributed by atoms with van der Waals surface area (Å²) < 4.78 is 0.701. The van der Waals surface area contributed by atoms with Crippen molar-refractivity contribution < 1.29 is 4.79 Å². The van der Waals surface area contributed by atoms with Crippen LogP contribution in [-0.4, -0.2) is 28.4 Å². The number of hydrogen-bond acceptors (Lipinski definition) is 2. The molecule has 0 N–H and O–H groups in total. The molecule has 21 heavy (non-hydrogen) atoms. The first-order valence-corrected chi connectivity index (χ1v) is 8.00. The van der Waals surface area contributed by atoms with Gasteiger partial charge in [0, 0.05) is 24.3 Å². The van der Waals surface area contributed by atoms with Crippen molar-refractivity contribution in [3.05, 3.63) is 64.4 Å². The van der Waals surface area contributed by atoms with E-state index in [1.165, 1.54) is 5.56 Å². The maximum Gasteiger partial charge on any atom is 0.254 e. The van der Waals surface area contributed by atoms with Crippen molar-refractivity contribution >= 4 is 21.8 Å². The Labute approximate surface area is 133 Å². The highest BCUT2D eigenvalue weighted by atomic mass is 79.9. The molecule has 3 rings (SSSR count). The van der Waals surface area contributed by atoms with E-state index >= 15 is 0 Å². The molecule has 3 nitrogen and oxygen atoms in total. The number of likely N-dealkylation sites (tertiary alicyclic amines) is 1. The zero-order valence-corrected chi connectivity index (χ0v) is 13.3. The van der Waals surface area contributed by atoms with E-state index in [-0.39, 0.29) is 5.91 Å². The summed E-state index contributed by atoms with van der Waals surface area (Å²) in [6.07, 6.45) is 4.75.